The maximum atomic E-state index is 12.6. The molecule has 0 fully saturated rings. The monoisotopic (exact) mass is 333 g/mol. The smallest absolute Gasteiger partial charge is 0.207 e. The van der Waals surface area contributed by atoms with Crippen LogP contribution in [0.1, 0.15) is 29.7 Å². The molecule has 22 heavy (non-hydrogen) atoms. The van der Waals surface area contributed by atoms with E-state index in [9.17, 15) is 8.42 Å². The maximum absolute atomic E-state index is 12.6. The predicted octanol–water partition coefficient (Wildman–Crippen LogP) is 4.08. The number of halogens is 1. The summed E-state index contributed by atoms with van der Waals surface area (Å²) in [6, 6.07) is 12.0. The number of sulfonamides is 1. The van der Waals surface area contributed by atoms with Crippen molar-refractivity contribution in [2.45, 2.75) is 24.8 Å². The van der Waals surface area contributed by atoms with Crippen LogP contribution in [0, 0.1) is 6.92 Å². The van der Waals surface area contributed by atoms with Crippen LogP contribution in [-0.4, -0.2) is 8.42 Å². The van der Waals surface area contributed by atoms with Gasteiger partial charge in [-0.15, -0.1) is 0 Å². The standard InChI is InChI=1S/C17H16ClNO2S/c1-11-3-7-15(8-4-11)22(20,21)19-17-12(2)9-13-5-6-14(18)10-16(13)17/h3-10,17,19H,1-2H3. The lowest BCUT2D eigenvalue weighted by Gasteiger charge is -2.17. The molecular weight excluding hydrogens is 318 g/mol. The molecule has 114 valence electrons. The Kier molecular flexibility index (Phi) is 3.85. The Bertz CT molecular complexity index is 855. The van der Waals surface area contributed by atoms with Crippen LogP contribution in [0.3, 0.4) is 0 Å². The van der Waals surface area contributed by atoms with Gasteiger partial charge < -0.3 is 0 Å². The minimum Gasteiger partial charge on any atom is -0.207 e. The highest BCUT2D eigenvalue weighted by Gasteiger charge is 2.27. The minimum atomic E-state index is -3.58. The first-order valence-corrected chi connectivity index (χ1v) is 8.79. The third-order valence-electron chi connectivity index (χ3n) is 3.80. The second-order valence-electron chi connectivity index (χ2n) is 5.53. The summed E-state index contributed by atoms with van der Waals surface area (Å²) in [5, 5.41) is 0.599. The predicted molar refractivity (Wildman–Crippen MR) is 89.3 cm³/mol. The van der Waals surface area contributed by atoms with E-state index in [0.717, 1.165) is 22.3 Å². The summed E-state index contributed by atoms with van der Waals surface area (Å²) in [6.07, 6.45) is 1.98. The van der Waals surface area contributed by atoms with E-state index in [0.29, 0.717) is 5.02 Å². The SMILES string of the molecule is CC1=Cc2ccc(Cl)cc2C1NS(=O)(=O)c1ccc(C)cc1. The molecule has 0 bridgehead atoms. The Morgan fingerprint density at radius 1 is 1.05 bits per heavy atom. The molecule has 1 atom stereocenters. The van der Waals surface area contributed by atoms with Gasteiger partial charge >= 0.3 is 0 Å². The van der Waals surface area contributed by atoms with E-state index in [1.165, 1.54) is 0 Å². The molecule has 1 aliphatic carbocycles. The molecule has 3 nitrogen and oxygen atoms in total. The Hall–Kier alpha value is -1.62. The van der Waals surface area contributed by atoms with Gasteiger partial charge in [0.1, 0.15) is 0 Å². The van der Waals surface area contributed by atoms with Crippen LogP contribution in [0.15, 0.2) is 52.9 Å². The van der Waals surface area contributed by atoms with E-state index in [1.54, 1.807) is 30.3 Å². The van der Waals surface area contributed by atoms with Gasteiger partial charge in [0, 0.05) is 5.02 Å². The summed E-state index contributed by atoms with van der Waals surface area (Å²) < 4.78 is 27.9. The lowest BCUT2D eigenvalue weighted by molar-refractivity contribution is 0.572. The number of nitrogens with one attached hydrogen (secondary N) is 1. The number of rotatable bonds is 3. The van der Waals surface area contributed by atoms with Crippen molar-refractivity contribution in [3.8, 4) is 0 Å². The maximum Gasteiger partial charge on any atom is 0.241 e. The highest BCUT2D eigenvalue weighted by Crippen LogP contribution is 2.36. The summed E-state index contributed by atoms with van der Waals surface area (Å²) in [6.45, 7) is 3.84. The Morgan fingerprint density at radius 2 is 1.73 bits per heavy atom. The molecule has 0 amide bonds. The van der Waals surface area contributed by atoms with Gasteiger partial charge in [-0.05, 0) is 49.2 Å². The molecule has 1 unspecified atom stereocenters. The minimum absolute atomic E-state index is 0.265. The molecule has 0 radical (unpaired) electrons. The Balaban J connectivity index is 1.95. The van der Waals surface area contributed by atoms with Crippen molar-refractivity contribution in [3.63, 3.8) is 0 Å². The first kappa shape index (κ1) is 15.3. The fraction of sp³-hybridized carbons (Fsp3) is 0.176. The molecular formula is C17H16ClNO2S. The molecule has 1 N–H and O–H groups in total. The van der Waals surface area contributed by atoms with Gasteiger partial charge in [0.2, 0.25) is 10.0 Å². The molecule has 0 saturated heterocycles. The first-order chi connectivity index (χ1) is 10.4. The normalized spacial score (nSPS) is 17.2. The lowest BCUT2D eigenvalue weighted by Crippen LogP contribution is -2.28. The molecule has 0 aliphatic heterocycles. The molecule has 3 rings (SSSR count). The van der Waals surface area contributed by atoms with Crippen molar-refractivity contribution in [1.29, 1.82) is 0 Å². The van der Waals surface area contributed by atoms with E-state index in [1.807, 2.05) is 32.1 Å². The second-order valence-corrected chi connectivity index (χ2v) is 7.68. The molecule has 0 heterocycles. The highest BCUT2D eigenvalue weighted by atomic mass is 35.5. The van der Waals surface area contributed by atoms with Gasteiger partial charge in [-0.2, -0.15) is 4.72 Å². The van der Waals surface area contributed by atoms with Crippen molar-refractivity contribution in [1.82, 2.24) is 4.72 Å². The molecule has 2 aromatic carbocycles. The number of benzene rings is 2. The fourth-order valence-corrected chi connectivity index (χ4v) is 4.03. The summed E-state index contributed by atoms with van der Waals surface area (Å²) in [5.41, 5.74) is 3.86. The third kappa shape index (κ3) is 2.82. The zero-order valence-corrected chi connectivity index (χ0v) is 13.9. The van der Waals surface area contributed by atoms with Gasteiger partial charge in [0.25, 0.3) is 0 Å². The molecule has 5 heteroatoms. The number of hydrogen-bond acceptors (Lipinski definition) is 2. The van der Waals surface area contributed by atoms with E-state index in [-0.39, 0.29) is 10.9 Å². The summed E-state index contributed by atoms with van der Waals surface area (Å²) >= 11 is 6.04. The van der Waals surface area contributed by atoms with Gasteiger partial charge in [0.15, 0.2) is 0 Å². The summed E-state index contributed by atoms with van der Waals surface area (Å²) in [7, 11) is -3.58. The lowest BCUT2D eigenvalue weighted by atomic mass is 10.1. The van der Waals surface area contributed by atoms with E-state index in [4.69, 9.17) is 11.6 Å². The van der Waals surface area contributed by atoms with Crippen LogP contribution in [0.5, 0.6) is 0 Å². The number of fused-ring (bicyclic) bond motifs is 1. The zero-order valence-electron chi connectivity index (χ0n) is 12.3. The highest BCUT2D eigenvalue weighted by molar-refractivity contribution is 7.89. The van der Waals surface area contributed by atoms with Gasteiger partial charge in [-0.1, -0.05) is 47.0 Å². The molecule has 2 aromatic rings. The quantitative estimate of drug-likeness (QED) is 0.919. The van der Waals surface area contributed by atoms with Crippen molar-refractivity contribution < 1.29 is 8.42 Å². The van der Waals surface area contributed by atoms with Crippen molar-refractivity contribution in [2.24, 2.45) is 0 Å². The fourth-order valence-electron chi connectivity index (χ4n) is 2.60. The molecule has 1 aliphatic rings. The van der Waals surface area contributed by atoms with E-state index >= 15 is 0 Å². The van der Waals surface area contributed by atoms with Crippen LogP contribution >= 0.6 is 11.6 Å². The van der Waals surface area contributed by atoms with Crippen LogP contribution in [0.25, 0.3) is 6.08 Å². The van der Waals surface area contributed by atoms with Crippen LogP contribution < -0.4 is 4.72 Å². The van der Waals surface area contributed by atoms with Crippen molar-refractivity contribution >= 4 is 27.7 Å². The van der Waals surface area contributed by atoms with Crippen molar-refractivity contribution in [2.75, 3.05) is 0 Å². The molecule has 0 aromatic heterocycles. The van der Waals surface area contributed by atoms with Crippen LogP contribution in [0.2, 0.25) is 5.02 Å². The summed E-state index contributed by atoms with van der Waals surface area (Å²) in [5.74, 6) is 0. The molecule has 0 spiro atoms. The Labute approximate surface area is 135 Å². The van der Waals surface area contributed by atoms with E-state index in [2.05, 4.69) is 4.72 Å². The third-order valence-corrected chi connectivity index (χ3v) is 5.48. The van der Waals surface area contributed by atoms with Gasteiger partial charge in [0.05, 0.1) is 10.9 Å². The zero-order chi connectivity index (χ0) is 15.9. The summed E-state index contributed by atoms with van der Waals surface area (Å²) in [4.78, 5) is 0.265. The number of aryl methyl sites for hydroxylation is 1. The van der Waals surface area contributed by atoms with Crippen molar-refractivity contribution in [3.05, 3.63) is 69.8 Å². The van der Waals surface area contributed by atoms with Gasteiger partial charge in [-0.3, -0.25) is 0 Å². The van der Waals surface area contributed by atoms with Gasteiger partial charge in [-0.25, -0.2) is 8.42 Å². The second kappa shape index (κ2) is 5.54. The van der Waals surface area contributed by atoms with E-state index < -0.39 is 10.0 Å². The number of hydrogen-bond donors (Lipinski definition) is 1. The average Bonchev–Trinajstić information content (AvgIpc) is 2.75. The average molecular weight is 334 g/mol. The van der Waals surface area contributed by atoms with Crippen LogP contribution in [-0.2, 0) is 10.0 Å². The topological polar surface area (TPSA) is 46.2 Å². The Morgan fingerprint density at radius 3 is 2.41 bits per heavy atom. The van der Waals surface area contributed by atoms with Crippen LogP contribution in [0.4, 0.5) is 0 Å². The first-order valence-electron chi connectivity index (χ1n) is 6.93. The molecule has 0 saturated carbocycles. The largest absolute Gasteiger partial charge is 0.241 e.